The van der Waals surface area contributed by atoms with Crippen LogP contribution < -0.4 is 10.9 Å². The first kappa shape index (κ1) is 34.9. The summed E-state index contributed by atoms with van der Waals surface area (Å²) in [7, 11) is 1.26. The fourth-order valence-corrected chi connectivity index (χ4v) is 4.04. The summed E-state index contributed by atoms with van der Waals surface area (Å²) in [4.78, 5) is 85.7. The smallest absolute Gasteiger partial charge is 0.330 e. The van der Waals surface area contributed by atoms with Crippen molar-refractivity contribution in [2.24, 2.45) is 11.8 Å². The minimum Gasteiger partial charge on any atom is -0.481 e. The summed E-state index contributed by atoms with van der Waals surface area (Å²) < 4.78 is 10.8. The topological polar surface area (TPSA) is 175 Å². The van der Waals surface area contributed by atoms with E-state index in [1.54, 1.807) is 6.92 Å². The number of esters is 2. The Morgan fingerprint density at radius 2 is 1.83 bits per heavy atom. The number of nitrogens with one attached hydrogen (secondary N) is 1. The van der Waals surface area contributed by atoms with Crippen LogP contribution in [0.2, 0.25) is 0 Å². The van der Waals surface area contributed by atoms with Crippen molar-refractivity contribution in [3.05, 3.63) is 46.4 Å². The van der Waals surface area contributed by atoms with Crippen LogP contribution in [0.25, 0.3) is 0 Å². The predicted molar refractivity (Wildman–Crippen MR) is 148 cm³/mol. The Morgan fingerprint density at radius 1 is 1.12 bits per heavy atom. The van der Waals surface area contributed by atoms with Gasteiger partial charge in [0.1, 0.15) is 0 Å². The minimum absolute atomic E-state index is 0.0948. The number of carboxylic acid groups (broad SMARTS) is 1. The van der Waals surface area contributed by atoms with Gasteiger partial charge in [-0.25, -0.2) is 4.79 Å². The van der Waals surface area contributed by atoms with Gasteiger partial charge in [0.2, 0.25) is 5.91 Å². The summed E-state index contributed by atoms with van der Waals surface area (Å²) in [5, 5.41) is 11.3. The zero-order valence-corrected chi connectivity index (χ0v) is 24.1. The Balaban J connectivity index is 3.03. The number of aliphatic carboxylic acids is 1. The molecule has 1 aromatic rings. The third-order valence-electron chi connectivity index (χ3n) is 6.55. The van der Waals surface area contributed by atoms with Crippen LogP contribution in [-0.2, 0) is 51.2 Å². The largest absolute Gasteiger partial charge is 0.481 e. The minimum atomic E-state index is -1.16. The number of carboxylic acids is 1. The maximum Gasteiger partial charge on any atom is 0.330 e. The number of amides is 1. The molecule has 1 heterocycles. The van der Waals surface area contributed by atoms with E-state index >= 15 is 0 Å². The van der Waals surface area contributed by atoms with Crippen molar-refractivity contribution < 1.29 is 43.3 Å². The molecular weight excluding hydrogens is 536 g/mol. The molecule has 1 unspecified atom stereocenters. The van der Waals surface area contributed by atoms with Gasteiger partial charge in [-0.1, -0.05) is 32.4 Å². The molecule has 0 aliphatic heterocycles. The molecule has 1 aromatic heterocycles. The number of pyridine rings is 1. The van der Waals surface area contributed by atoms with Crippen LogP contribution in [-0.4, -0.2) is 64.8 Å². The average molecular weight is 577 g/mol. The molecule has 3 atom stereocenters. The van der Waals surface area contributed by atoms with Gasteiger partial charge < -0.3 is 24.5 Å². The lowest BCUT2D eigenvalue weighted by Crippen LogP contribution is -2.42. The van der Waals surface area contributed by atoms with E-state index in [0.29, 0.717) is 6.42 Å². The van der Waals surface area contributed by atoms with Gasteiger partial charge in [-0.2, -0.15) is 0 Å². The van der Waals surface area contributed by atoms with Crippen molar-refractivity contribution in [2.75, 3.05) is 13.7 Å². The molecule has 0 radical (unpaired) electrons. The third-order valence-corrected chi connectivity index (χ3v) is 6.55. The van der Waals surface area contributed by atoms with Gasteiger partial charge >= 0.3 is 17.9 Å². The fourth-order valence-electron chi connectivity index (χ4n) is 4.04. The first-order valence-electron chi connectivity index (χ1n) is 13.6. The zero-order valence-electron chi connectivity index (χ0n) is 24.1. The Kier molecular flexibility index (Phi) is 15.6. The quantitative estimate of drug-likeness (QED) is 0.183. The molecule has 0 aliphatic carbocycles. The maximum absolute atomic E-state index is 13.2. The second-order valence-electron chi connectivity index (χ2n) is 9.61. The van der Waals surface area contributed by atoms with E-state index in [-0.39, 0.29) is 62.5 Å². The summed E-state index contributed by atoms with van der Waals surface area (Å²) >= 11 is 0. The normalized spacial score (nSPS) is 13.2. The number of ether oxygens (including phenoxy) is 2. The molecule has 12 nitrogen and oxygen atoms in total. The summed E-state index contributed by atoms with van der Waals surface area (Å²) in [5.74, 6) is -4.43. The number of ketones is 2. The molecule has 0 saturated carbocycles. The van der Waals surface area contributed by atoms with Crippen molar-refractivity contribution in [2.45, 2.75) is 78.3 Å². The van der Waals surface area contributed by atoms with E-state index in [1.807, 2.05) is 13.8 Å². The van der Waals surface area contributed by atoms with Crippen molar-refractivity contribution >= 4 is 35.4 Å². The van der Waals surface area contributed by atoms with Gasteiger partial charge in [0.15, 0.2) is 11.6 Å². The Morgan fingerprint density at radius 3 is 2.44 bits per heavy atom. The van der Waals surface area contributed by atoms with Crippen molar-refractivity contribution in [3.63, 3.8) is 0 Å². The highest BCUT2D eigenvalue weighted by Gasteiger charge is 2.28. The Bertz CT molecular complexity index is 1170. The highest BCUT2D eigenvalue weighted by Crippen LogP contribution is 2.21. The van der Waals surface area contributed by atoms with Crippen LogP contribution in [0.4, 0.5) is 0 Å². The van der Waals surface area contributed by atoms with Gasteiger partial charge in [0.05, 0.1) is 38.6 Å². The number of Topliss-reactive ketones (excluding diaryl/α,β-unsaturated/α-hetero) is 2. The standard InChI is InChI=1S/C29H40N2O10/c1-5-19(3)22(29(39)40-4)17-21(32)18-31-15-9-10-20(28(31)38)16-24(33)23(30-25(34)13-14-26(35)36)11-7-8-12-27(37)41-6-2/h8-10,12,15,19,22-23H,5-7,11,13-14,16-18H2,1-4H3,(H,30,34)(H,35,36)/b12-8+/t19?,22-,23-/m0/s1. The van der Waals surface area contributed by atoms with Crippen LogP contribution in [0.1, 0.15) is 64.9 Å². The first-order chi connectivity index (χ1) is 19.4. The van der Waals surface area contributed by atoms with Crippen molar-refractivity contribution in [1.82, 2.24) is 9.88 Å². The molecule has 12 heteroatoms. The van der Waals surface area contributed by atoms with Gasteiger partial charge in [-0.05, 0) is 31.7 Å². The molecule has 1 amide bonds. The number of carbonyl (C=O) groups excluding carboxylic acids is 5. The van der Waals surface area contributed by atoms with Crippen LogP contribution in [0, 0.1) is 11.8 Å². The number of carbonyl (C=O) groups is 6. The third kappa shape index (κ3) is 12.7. The highest BCUT2D eigenvalue weighted by atomic mass is 16.5. The summed E-state index contributed by atoms with van der Waals surface area (Å²) in [6, 6.07) is 1.92. The fraction of sp³-hybridized carbons (Fsp3) is 0.552. The van der Waals surface area contributed by atoms with Gasteiger partial charge in [0, 0.05) is 37.1 Å². The van der Waals surface area contributed by atoms with Crippen molar-refractivity contribution in [1.29, 1.82) is 0 Å². The van der Waals surface area contributed by atoms with Crippen LogP contribution in [0.3, 0.4) is 0 Å². The Labute approximate surface area is 239 Å². The maximum atomic E-state index is 13.2. The number of methoxy groups -OCH3 is 1. The van der Waals surface area contributed by atoms with E-state index in [4.69, 9.17) is 14.6 Å². The number of hydrogen-bond donors (Lipinski definition) is 2. The molecule has 0 bridgehead atoms. The number of aromatic nitrogens is 1. The molecule has 1 rings (SSSR count). The first-order valence-corrected chi connectivity index (χ1v) is 13.6. The van der Waals surface area contributed by atoms with E-state index in [0.717, 1.165) is 0 Å². The Hall–Kier alpha value is -4.09. The number of allylic oxidation sites excluding steroid dienone is 1. The molecule has 0 aromatic carbocycles. The second kappa shape index (κ2) is 18.3. The van der Waals surface area contributed by atoms with Crippen LogP contribution >= 0.6 is 0 Å². The molecule has 226 valence electrons. The molecule has 0 spiro atoms. The van der Waals surface area contributed by atoms with Crippen molar-refractivity contribution in [3.8, 4) is 0 Å². The van der Waals surface area contributed by atoms with Gasteiger partial charge in [0.25, 0.3) is 5.56 Å². The number of nitrogens with zero attached hydrogens (tertiary/aromatic N) is 1. The predicted octanol–water partition coefficient (Wildman–Crippen LogP) is 2.00. The summed E-state index contributed by atoms with van der Waals surface area (Å²) in [6.45, 7) is 5.31. The van der Waals surface area contributed by atoms with E-state index in [9.17, 15) is 33.6 Å². The zero-order chi connectivity index (χ0) is 30.9. The molecule has 0 saturated heterocycles. The summed E-state index contributed by atoms with van der Waals surface area (Å²) in [6.07, 6.45) is 3.89. The van der Waals surface area contributed by atoms with E-state index in [2.05, 4.69) is 5.32 Å². The molecule has 2 N–H and O–H groups in total. The highest BCUT2D eigenvalue weighted by molar-refractivity contribution is 5.91. The van der Waals surface area contributed by atoms with E-state index in [1.165, 1.54) is 42.2 Å². The molecular formula is C29H40N2O10. The van der Waals surface area contributed by atoms with Gasteiger partial charge in [-0.3, -0.25) is 28.8 Å². The molecule has 0 aliphatic rings. The lowest BCUT2D eigenvalue weighted by atomic mass is 9.87. The summed E-state index contributed by atoms with van der Waals surface area (Å²) in [5.41, 5.74) is -0.464. The molecule has 41 heavy (non-hydrogen) atoms. The lowest BCUT2D eigenvalue weighted by molar-refractivity contribution is -0.149. The van der Waals surface area contributed by atoms with Crippen LogP contribution in [0.15, 0.2) is 35.3 Å². The molecule has 0 fully saturated rings. The van der Waals surface area contributed by atoms with Crippen LogP contribution in [0.5, 0.6) is 0 Å². The number of rotatable bonds is 19. The SMILES string of the molecule is CCOC(=O)/C=C/CC[C@H](NC(=O)CCC(=O)O)C(=O)Cc1cccn(CC(=O)C[C@H](C(=O)OC)C(C)CC)c1=O. The lowest BCUT2D eigenvalue weighted by Gasteiger charge is -2.20. The average Bonchev–Trinajstić information content (AvgIpc) is 2.93. The monoisotopic (exact) mass is 576 g/mol. The second-order valence-corrected chi connectivity index (χ2v) is 9.61. The van der Waals surface area contributed by atoms with E-state index < -0.39 is 53.5 Å². The van der Waals surface area contributed by atoms with Gasteiger partial charge in [-0.15, -0.1) is 0 Å². The number of hydrogen-bond acceptors (Lipinski definition) is 9.